The summed E-state index contributed by atoms with van der Waals surface area (Å²) in [6, 6.07) is 4.59. The number of hydrogen-bond donors (Lipinski definition) is 2. The van der Waals surface area contributed by atoms with E-state index in [0.29, 0.717) is 17.3 Å². The molecule has 1 heterocycles. The van der Waals surface area contributed by atoms with Crippen LogP contribution in [0.1, 0.15) is 19.8 Å². The number of hydrogen-bond acceptors (Lipinski definition) is 3. The smallest absolute Gasteiger partial charge is 0.221 e. The lowest BCUT2D eigenvalue weighted by atomic mass is 9.97. The van der Waals surface area contributed by atoms with Crippen LogP contribution >= 0.6 is 0 Å². The third kappa shape index (κ3) is 4.20. The molecular weight excluding hydrogens is 257 g/mol. The number of rotatable bonds is 4. The highest BCUT2D eigenvalue weighted by atomic mass is 19.1. The van der Waals surface area contributed by atoms with Gasteiger partial charge in [0, 0.05) is 19.2 Å². The summed E-state index contributed by atoms with van der Waals surface area (Å²) >= 11 is 0. The number of carbonyl (C=O) groups excluding carboxylic acids is 1. The molecule has 1 aliphatic heterocycles. The molecule has 110 valence electrons. The molecule has 1 amide bonds. The summed E-state index contributed by atoms with van der Waals surface area (Å²) in [5.74, 6) is 0.139. The number of benzene rings is 1. The van der Waals surface area contributed by atoms with Crippen molar-refractivity contribution < 1.29 is 9.18 Å². The van der Waals surface area contributed by atoms with Gasteiger partial charge in [0.1, 0.15) is 5.82 Å². The van der Waals surface area contributed by atoms with Crippen molar-refractivity contribution in [3.63, 3.8) is 0 Å². The molecule has 5 heteroatoms. The van der Waals surface area contributed by atoms with E-state index in [0.717, 1.165) is 32.5 Å². The van der Waals surface area contributed by atoms with Gasteiger partial charge in [-0.1, -0.05) is 0 Å². The highest BCUT2D eigenvalue weighted by molar-refractivity contribution is 5.89. The summed E-state index contributed by atoms with van der Waals surface area (Å²) in [7, 11) is 2.13. The van der Waals surface area contributed by atoms with Crippen molar-refractivity contribution in [1.82, 2.24) is 4.90 Å². The molecule has 0 saturated carbocycles. The van der Waals surface area contributed by atoms with Gasteiger partial charge in [-0.2, -0.15) is 0 Å². The lowest BCUT2D eigenvalue weighted by Gasteiger charge is -2.29. The van der Waals surface area contributed by atoms with E-state index in [1.54, 1.807) is 12.1 Å². The Morgan fingerprint density at radius 3 is 2.75 bits per heavy atom. The molecule has 1 aromatic carbocycles. The number of anilines is 2. The van der Waals surface area contributed by atoms with E-state index in [9.17, 15) is 9.18 Å². The van der Waals surface area contributed by atoms with Crippen LogP contribution in [0.25, 0.3) is 0 Å². The summed E-state index contributed by atoms with van der Waals surface area (Å²) in [5, 5.41) is 5.83. The maximum Gasteiger partial charge on any atom is 0.221 e. The lowest BCUT2D eigenvalue weighted by molar-refractivity contribution is -0.114. The molecule has 1 aromatic rings. The minimum Gasteiger partial charge on any atom is -0.382 e. The largest absolute Gasteiger partial charge is 0.382 e. The molecule has 0 unspecified atom stereocenters. The van der Waals surface area contributed by atoms with Crippen LogP contribution in [0, 0.1) is 11.7 Å². The molecule has 0 bridgehead atoms. The topological polar surface area (TPSA) is 44.4 Å². The highest BCUT2D eigenvalue weighted by Crippen LogP contribution is 2.22. The van der Waals surface area contributed by atoms with Crippen molar-refractivity contribution in [2.24, 2.45) is 5.92 Å². The first kappa shape index (κ1) is 14.8. The predicted octanol–water partition coefficient (Wildman–Crippen LogP) is 2.54. The van der Waals surface area contributed by atoms with Gasteiger partial charge in [-0.25, -0.2) is 4.39 Å². The first-order valence-corrected chi connectivity index (χ1v) is 7.04. The Kier molecular flexibility index (Phi) is 4.95. The average Bonchev–Trinajstić information content (AvgIpc) is 2.40. The summed E-state index contributed by atoms with van der Waals surface area (Å²) in [6.07, 6.45) is 2.27. The zero-order valence-electron chi connectivity index (χ0n) is 12.1. The molecule has 4 nitrogen and oxygen atoms in total. The Bertz CT molecular complexity index is 470. The number of carbonyl (C=O) groups is 1. The monoisotopic (exact) mass is 279 g/mol. The molecule has 20 heavy (non-hydrogen) atoms. The van der Waals surface area contributed by atoms with Gasteiger partial charge in [-0.05, 0) is 57.1 Å². The number of halogens is 1. The molecule has 1 aliphatic rings. The zero-order valence-corrected chi connectivity index (χ0v) is 12.1. The van der Waals surface area contributed by atoms with Gasteiger partial charge in [0.25, 0.3) is 0 Å². The van der Waals surface area contributed by atoms with Gasteiger partial charge in [0.15, 0.2) is 0 Å². The highest BCUT2D eigenvalue weighted by Gasteiger charge is 2.16. The van der Waals surface area contributed by atoms with Crippen LogP contribution in [0.15, 0.2) is 18.2 Å². The number of nitrogens with one attached hydrogen (secondary N) is 2. The first-order valence-electron chi connectivity index (χ1n) is 7.04. The Balaban J connectivity index is 1.92. The third-order valence-corrected chi connectivity index (χ3v) is 3.71. The van der Waals surface area contributed by atoms with Crippen LogP contribution in [0.4, 0.5) is 15.8 Å². The fourth-order valence-electron chi connectivity index (χ4n) is 2.46. The molecule has 1 fully saturated rings. The molecule has 0 radical (unpaired) electrons. The molecular formula is C15H22FN3O. The Morgan fingerprint density at radius 1 is 1.40 bits per heavy atom. The second-order valence-electron chi connectivity index (χ2n) is 5.50. The van der Waals surface area contributed by atoms with Crippen molar-refractivity contribution in [3.8, 4) is 0 Å². The predicted molar refractivity (Wildman–Crippen MR) is 79.4 cm³/mol. The Hall–Kier alpha value is -1.62. The molecule has 2 rings (SSSR count). The van der Waals surface area contributed by atoms with E-state index >= 15 is 0 Å². The van der Waals surface area contributed by atoms with E-state index in [1.807, 2.05) is 0 Å². The summed E-state index contributed by atoms with van der Waals surface area (Å²) < 4.78 is 13.7. The van der Waals surface area contributed by atoms with E-state index < -0.39 is 0 Å². The standard InChI is InChI=1S/C15H22FN3O/c1-11(20)18-13-3-4-14(16)15(9-13)17-10-12-5-7-19(2)8-6-12/h3-4,9,12,17H,5-8,10H2,1-2H3,(H,18,20). The minimum absolute atomic E-state index is 0.155. The molecule has 0 aromatic heterocycles. The minimum atomic E-state index is -0.285. The van der Waals surface area contributed by atoms with E-state index in [1.165, 1.54) is 13.0 Å². The maximum atomic E-state index is 13.7. The maximum absolute atomic E-state index is 13.7. The van der Waals surface area contributed by atoms with Crippen molar-refractivity contribution in [3.05, 3.63) is 24.0 Å². The van der Waals surface area contributed by atoms with Gasteiger partial charge in [0.05, 0.1) is 5.69 Å². The van der Waals surface area contributed by atoms with Crippen LogP contribution in [-0.2, 0) is 4.79 Å². The van der Waals surface area contributed by atoms with Gasteiger partial charge < -0.3 is 15.5 Å². The van der Waals surface area contributed by atoms with Crippen molar-refractivity contribution in [2.75, 3.05) is 37.3 Å². The van der Waals surface area contributed by atoms with Crippen LogP contribution < -0.4 is 10.6 Å². The molecule has 0 atom stereocenters. The quantitative estimate of drug-likeness (QED) is 0.890. The fourth-order valence-corrected chi connectivity index (χ4v) is 2.46. The van der Waals surface area contributed by atoms with Crippen molar-refractivity contribution >= 4 is 17.3 Å². The zero-order chi connectivity index (χ0) is 14.5. The summed E-state index contributed by atoms with van der Waals surface area (Å²) in [4.78, 5) is 13.3. The average molecular weight is 279 g/mol. The third-order valence-electron chi connectivity index (χ3n) is 3.71. The van der Waals surface area contributed by atoms with Gasteiger partial charge in [-0.3, -0.25) is 4.79 Å². The molecule has 0 aliphatic carbocycles. The number of likely N-dealkylation sites (tertiary alicyclic amines) is 1. The number of nitrogens with zero attached hydrogens (tertiary/aromatic N) is 1. The van der Waals surface area contributed by atoms with Crippen molar-refractivity contribution in [1.29, 1.82) is 0 Å². The Labute approximate surface area is 119 Å². The van der Waals surface area contributed by atoms with E-state index in [-0.39, 0.29) is 11.7 Å². The SMILES string of the molecule is CC(=O)Nc1ccc(F)c(NCC2CCN(C)CC2)c1. The van der Waals surface area contributed by atoms with E-state index in [2.05, 4.69) is 22.6 Å². The summed E-state index contributed by atoms with van der Waals surface area (Å²) in [5.41, 5.74) is 1.07. The second-order valence-corrected chi connectivity index (χ2v) is 5.50. The summed E-state index contributed by atoms with van der Waals surface area (Å²) in [6.45, 7) is 4.41. The van der Waals surface area contributed by atoms with Crippen molar-refractivity contribution in [2.45, 2.75) is 19.8 Å². The molecule has 1 saturated heterocycles. The van der Waals surface area contributed by atoms with Crippen LogP contribution in [0.5, 0.6) is 0 Å². The number of amides is 1. The van der Waals surface area contributed by atoms with E-state index in [4.69, 9.17) is 0 Å². The van der Waals surface area contributed by atoms with Gasteiger partial charge in [0.2, 0.25) is 5.91 Å². The van der Waals surface area contributed by atoms with Crippen LogP contribution in [0.2, 0.25) is 0 Å². The number of piperidine rings is 1. The lowest BCUT2D eigenvalue weighted by Crippen LogP contribution is -2.33. The second kappa shape index (κ2) is 6.70. The Morgan fingerprint density at radius 2 is 2.10 bits per heavy atom. The molecule has 0 spiro atoms. The fraction of sp³-hybridized carbons (Fsp3) is 0.533. The van der Waals surface area contributed by atoms with Crippen LogP contribution in [0.3, 0.4) is 0 Å². The van der Waals surface area contributed by atoms with Crippen LogP contribution in [-0.4, -0.2) is 37.5 Å². The van der Waals surface area contributed by atoms with Gasteiger partial charge in [-0.15, -0.1) is 0 Å². The molecule has 2 N–H and O–H groups in total. The normalized spacial score (nSPS) is 16.9. The first-order chi connectivity index (χ1) is 9.54. The van der Waals surface area contributed by atoms with Gasteiger partial charge >= 0.3 is 0 Å².